The van der Waals surface area contributed by atoms with E-state index in [0.717, 1.165) is 77.0 Å². The molecule has 0 fully saturated rings. The maximum Gasteiger partial charge on any atom is 0.207 e. The van der Waals surface area contributed by atoms with Crippen molar-refractivity contribution in [3.05, 3.63) is 104 Å². The second kappa shape index (κ2) is 27.0. The van der Waals surface area contributed by atoms with Gasteiger partial charge in [-0.25, -0.2) is 0 Å². The van der Waals surface area contributed by atoms with E-state index in [1.165, 1.54) is 71.6 Å². The molecule has 0 atom stereocenters. The molecule has 1 aromatic carbocycles. The Morgan fingerprint density at radius 3 is 0.962 bits per heavy atom. The van der Waals surface area contributed by atoms with Crippen LogP contribution in [0.4, 0.5) is 0 Å². The molecule has 0 unspecified atom stereocenters. The Bertz CT molecular complexity index is 1520. The predicted octanol–water partition coefficient (Wildman–Crippen LogP) is 15.0. The van der Waals surface area contributed by atoms with Crippen LogP contribution in [-0.4, -0.2) is 24.4 Å². The van der Waals surface area contributed by atoms with E-state index in [0.29, 0.717) is 17.5 Å². The van der Waals surface area contributed by atoms with Gasteiger partial charge in [-0.05, 0) is 166 Å². The summed E-state index contributed by atoms with van der Waals surface area (Å²) in [5.41, 5.74) is 12.9. The van der Waals surface area contributed by atoms with Gasteiger partial charge in [-0.15, -0.1) is 0 Å². The van der Waals surface area contributed by atoms with Crippen LogP contribution in [0.2, 0.25) is 0 Å². The zero-order valence-electron chi connectivity index (χ0n) is 35.9. The van der Waals surface area contributed by atoms with E-state index >= 15 is 0 Å². The van der Waals surface area contributed by atoms with E-state index in [1.54, 1.807) is 6.92 Å². The first-order valence-corrected chi connectivity index (χ1v) is 20.1. The van der Waals surface area contributed by atoms with Crippen LogP contribution in [0.25, 0.3) is 0 Å². The van der Waals surface area contributed by atoms with Gasteiger partial charge in [0.05, 0.1) is 14.2 Å². The first-order valence-electron chi connectivity index (χ1n) is 20.1. The van der Waals surface area contributed by atoms with Crippen LogP contribution in [0.15, 0.2) is 93.2 Å². The molecule has 53 heavy (non-hydrogen) atoms. The molecule has 2 N–H and O–H groups in total. The van der Waals surface area contributed by atoms with Crippen molar-refractivity contribution in [2.45, 2.75) is 166 Å². The number of ether oxygens (including phenoxy) is 2. The van der Waals surface area contributed by atoms with Crippen molar-refractivity contribution in [1.29, 1.82) is 0 Å². The quantitative estimate of drug-likeness (QED) is 0.0777. The SMILES string of the molecule is COc1c(O)c(C)c(C/C=C(\C)CC/C=C(\C)CC/C=C(\C)CC/C=C(\C)CC/C=C(\C)CC/C=C(\C)CC/C=C(/C)CCC=C(C)C)c(O)c1OC. The molecule has 0 radical (unpaired) electrons. The van der Waals surface area contributed by atoms with Gasteiger partial charge < -0.3 is 19.7 Å². The number of phenols is 2. The number of methoxy groups -OCH3 is 2. The van der Waals surface area contributed by atoms with Crippen molar-refractivity contribution in [2.75, 3.05) is 14.2 Å². The molecule has 296 valence electrons. The van der Waals surface area contributed by atoms with Crippen molar-refractivity contribution in [2.24, 2.45) is 0 Å². The molecule has 0 saturated heterocycles. The second-order valence-electron chi connectivity index (χ2n) is 15.5. The summed E-state index contributed by atoms with van der Waals surface area (Å²) in [5.74, 6) is 0.357. The fourth-order valence-electron chi connectivity index (χ4n) is 6.33. The molecule has 0 saturated carbocycles. The Morgan fingerprint density at radius 1 is 0.415 bits per heavy atom. The third-order valence-corrected chi connectivity index (χ3v) is 10.1. The Labute approximate surface area is 325 Å². The van der Waals surface area contributed by atoms with E-state index in [4.69, 9.17) is 9.47 Å². The van der Waals surface area contributed by atoms with Crippen molar-refractivity contribution in [3.63, 3.8) is 0 Å². The first-order chi connectivity index (χ1) is 25.2. The lowest BCUT2D eigenvalue weighted by Crippen LogP contribution is -1.98. The minimum Gasteiger partial charge on any atom is -0.504 e. The molecule has 0 aliphatic carbocycles. The fourth-order valence-corrected chi connectivity index (χ4v) is 6.33. The van der Waals surface area contributed by atoms with Crippen LogP contribution in [0.3, 0.4) is 0 Å². The number of hydrogen-bond donors (Lipinski definition) is 2. The number of hydrogen-bond acceptors (Lipinski definition) is 4. The zero-order valence-corrected chi connectivity index (χ0v) is 35.9. The number of allylic oxidation sites excluding steroid dienone is 16. The minimum absolute atomic E-state index is 0.00661. The van der Waals surface area contributed by atoms with Crippen LogP contribution in [-0.2, 0) is 6.42 Å². The standard InChI is InChI=1S/C49H76O4/c1-36(2)20-13-21-37(3)22-14-23-38(4)24-15-25-39(5)26-16-27-40(6)28-17-29-41(7)30-18-31-42(8)32-19-33-43(9)34-35-45-44(10)46(50)48(52-11)49(53-12)47(45)51/h20,22,24,26,28,30,32,34,50-51H,13-19,21,23,25,27,29,31,33,35H2,1-12H3/b37-22-,38-24+,39-26+,40-28+,41-30+,42-32+,43-34+. The normalized spacial score (nSPS) is 13.8. The molecular formula is C49H76O4. The number of benzene rings is 1. The number of aromatic hydroxyl groups is 2. The van der Waals surface area contributed by atoms with E-state index in [-0.39, 0.29) is 23.0 Å². The topological polar surface area (TPSA) is 58.9 Å². The highest BCUT2D eigenvalue weighted by atomic mass is 16.5. The average molecular weight is 729 g/mol. The highest BCUT2D eigenvalue weighted by molar-refractivity contribution is 5.66. The van der Waals surface area contributed by atoms with Gasteiger partial charge in [0.1, 0.15) is 0 Å². The van der Waals surface area contributed by atoms with E-state index in [1.807, 2.05) is 0 Å². The summed E-state index contributed by atoms with van der Waals surface area (Å²) in [6.07, 6.45) is 35.1. The van der Waals surface area contributed by atoms with Crippen LogP contribution >= 0.6 is 0 Å². The van der Waals surface area contributed by atoms with E-state index in [9.17, 15) is 10.2 Å². The summed E-state index contributed by atoms with van der Waals surface area (Å²) >= 11 is 0. The molecule has 4 heteroatoms. The molecule has 0 aromatic heterocycles. The predicted molar refractivity (Wildman–Crippen MR) is 232 cm³/mol. The van der Waals surface area contributed by atoms with Crippen LogP contribution in [0, 0.1) is 6.92 Å². The first kappa shape index (κ1) is 47.4. The largest absolute Gasteiger partial charge is 0.504 e. The van der Waals surface area contributed by atoms with Gasteiger partial charge in [0.2, 0.25) is 11.5 Å². The third kappa shape index (κ3) is 20.4. The molecule has 0 aliphatic rings. The molecule has 1 rings (SSSR count). The van der Waals surface area contributed by atoms with Gasteiger partial charge in [-0.1, -0.05) is 93.2 Å². The maximum absolute atomic E-state index is 10.7. The number of phenolic OH excluding ortho intramolecular Hbond substituents is 2. The van der Waals surface area contributed by atoms with Gasteiger partial charge >= 0.3 is 0 Å². The van der Waals surface area contributed by atoms with Gasteiger partial charge in [0, 0.05) is 11.1 Å². The fraction of sp³-hybridized carbons (Fsp3) is 0.551. The summed E-state index contributed by atoms with van der Waals surface area (Å²) < 4.78 is 10.5. The molecule has 4 nitrogen and oxygen atoms in total. The number of rotatable bonds is 25. The second-order valence-corrected chi connectivity index (χ2v) is 15.5. The van der Waals surface area contributed by atoms with Crippen LogP contribution in [0.5, 0.6) is 23.0 Å². The molecule has 0 spiro atoms. The smallest absolute Gasteiger partial charge is 0.207 e. The van der Waals surface area contributed by atoms with Crippen molar-refractivity contribution >= 4 is 0 Å². The third-order valence-electron chi connectivity index (χ3n) is 10.1. The van der Waals surface area contributed by atoms with Crippen molar-refractivity contribution in [3.8, 4) is 23.0 Å². The maximum atomic E-state index is 10.7. The monoisotopic (exact) mass is 729 g/mol. The summed E-state index contributed by atoms with van der Waals surface area (Å²) in [7, 11) is 2.91. The Balaban J connectivity index is 2.36. The lowest BCUT2D eigenvalue weighted by Gasteiger charge is -2.17. The van der Waals surface area contributed by atoms with Crippen molar-refractivity contribution in [1.82, 2.24) is 0 Å². The van der Waals surface area contributed by atoms with Gasteiger partial charge in [-0.2, -0.15) is 0 Å². The van der Waals surface area contributed by atoms with E-state index in [2.05, 4.69) is 111 Å². The van der Waals surface area contributed by atoms with Crippen LogP contribution in [0.1, 0.15) is 163 Å². The lowest BCUT2D eigenvalue weighted by molar-refractivity contribution is 0.314. The lowest BCUT2D eigenvalue weighted by atomic mass is 9.99. The Kier molecular flexibility index (Phi) is 24.1. The summed E-state index contributed by atoms with van der Waals surface area (Å²) in [5, 5.41) is 21.2. The van der Waals surface area contributed by atoms with Gasteiger partial charge in [0.15, 0.2) is 11.5 Å². The Hall–Kier alpha value is -3.66. The zero-order chi connectivity index (χ0) is 39.8. The highest BCUT2D eigenvalue weighted by Crippen LogP contribution is 2.48. The summed E-state index contributed by atoms with van der Waals surface area (Å²) in [6, 6.07) is 0. The summed E-state index contributed by atoms with van der Waals surface area (Å²) in [6.45, 7) is 21.9. The molecular weight excluding hydrogens is 653 g/mol. The van der Waals surface area contributed by atoms with Gasteiger partial charge in [-0.3, -0.25) is 0 Å². The average Bonchev–Trinajstić information content (AvgIpc) is 3.09. The molecule has 0 heterocycles. The highest BCUT2D eigenvalue weighted by Gasteiger charge is 2.22. The van der Waals surface area contributed by atoms with Crippen LogP contribution < -0.4 is 9.47 Å². The van der Waals surface area contributed by atoms with E-state index < -0.39 is 0 Å². The molecule has 0 aliphatic heterocycles. The summed E-state index contributed by atoms with van der Waals surface area (Å²) in [4.78, 5) is 0. The molecule has 0 amide bonds. The minimum atomic E-state index is 0.00661. The molecule has 0 bridgehead atoms. The Morgan fingerprint density at radius 2 is 0.679 bits per heavy atom. The molecule has 1 aromatic rings. The van der Waals surface area contributed by atoms with Crippen molar-refractivity contribution < 1.29 is 19.7 Å². The van der Waals surface area contributed by atoms with Gasteiger partial charge in [0.25, 0.3) is 0 Å².